The topological polar surface area (TPSA) is 47.7 Å². The number of methoxy groups -OCH3 is 2. The van der Waals surface area contributed by atoms with Crippen molar-refractivity contribution in [3.63, 3.8) is 0 Å². The summed E-state index contributed by atoms with van der Waals surface area (Å²) in [6.45, 7) is 2.76. The highest BCUT2D eigenvalue weighted by atomic mass is 32.2. The summed E-state index contributed by atoms with van der Waals surface area (Å²) in [4.78, 5) is 2.47. The van der Waals surface area contributed by atoms with Crippen molar-refractivity contribution in [1.29, 1.82) is 0 Å². The first-order chi connectivity index (χ1) is 9.80. The summed E-state index contributed by atoms with van der Waals surface area (Å²) in [7, 11) is 3.39. The molecule has 1 fully saturated rings. The summed E-state index contributed by atoms with van der Waals surface area (Å²) in [6.07, 6.45) is 1.22. The summed E-state index contributed by atoms with van der Waals surface area (Å²) < 4.78 is 10.8. The van der Waals surface area contributed by atoms with Gasteiger partial charge in [0.15, 0.2) is 0 Å². The molecule has 0 aliphatic carbocycles. The SMILES string of the molecule is COc1ccc(OC)c(C(CN)N2CCCSCC2)c1. The Morgan fingerprint density at radius 2 is 2.10 bits per heavy atom. The van der Waals surface area contributed by atoms with Gasteiger partial charge in [0.05, 0.1) is 20.3 Å². The second-order valence-electron chi connectivity index (χ2n) is 4.86. The number of ether oxygens (including phenoxy) is 2. The van der Waals surface area contributed by atoms with E-state index in [4.69, 9.17) is 15.2 Å². The van der Waals surface area contributed by atoms with E-state index in [1.54, 1.807) is 14.2 Å². The van der Waals surface area contributed by atoms with Gasteiger partial charge < -0.3 is 15.2 Å². The van der Waals surface area contributed by atoms with Crippen molar-refractivity contribution in [3.8, 4) is 11.5 Å². The van der Waals surface area contributed by atoms with Crippen molar-refractivity contribution in [2.45, 2.75) is 12.5 Å². The molecule has 1 atom stereocenters. The van der Waals surface area contributed by atoms with Crippen LogP contribution in [-0.4, -0.2) is 50.3 Å². The summed E-state index contributed by atoms with van der Waals surface area (Å²) in [5.41, 5.74) is 7.18. The molecular formula is C15H24N2O2S. The molecule has 4 nitrogen and oxygen atoms in total. The molecule has 2 N–H and O–H groups in total. The Labute approximate surface area is 125 Å². The number of rotatable bonds is 5. The minimum absolute atomic E-state index is 0.193. The maximum absolute atomic E-state index is 6.06. The molecule has 1 unspecified atom stereocenters. The largest absolute Gasteiger partial charge is 0.497 e. The molecule has 1 aromatic rings. The molecule has 2 rings (SSSR count). The van der Waals surface area contributed by atoms with Gasteiger partial charge in [-0.25, -0.2) is 0 Å². The number of nitrogens with zero attached hydrogens (tertiary/aromatic N) is 1. The maximum atomic E-state index is 6.06. The summed E-state index contributed by atoms with van der Waals surface area (Å²) in [5.74, 6) is 4.15. The van der Waals surface area contributed by atoms with Gasteiger partial charge in [-0.1, -0.05) is 0 Å². The Bertz CT molecular complexity index is 420. The molecule has 0 amide bonds. The molecule has 1 heterocycles. The highest BCUT2D eigenvalue weighted by Gasteiger charge is 2.23. The number of thioether (sulfide) groups is 1. The summed E-state index contributed by atoms with van der Waals surface area (Å²) in [6, 6.07) is 6.13. The monoisotopic (exact) mass is 296 g/mol. The fourth-order valence-electron chi connectivity index (χ4n) is 2.65. The smallest absolute Gasteiger partial charge is 0.123 e. The van der Waals surface area contributed by atoms with Crippen LogP contribution >= 0.6 is 11.8 Å². The maximum Gasteiger partial charge on any atom is 0.123 e. The lowest BCUT2D eigenvalue weighted by atomic mass is 10.0. The molecule has 5 heteroatoms. The first-order valence-electron chi connectivity index (χ1n) is 7.04. The fraction of sp³-hybridized carbons (Fsp3) is 0.600. The van der Waals surface area contributed by atoms with Crippen LogP contribution in [0.1, 0.15) is 18.0 Å². The van der Waals surface area contributed by atoms with Crippen LogP contribution in [0.25, 0.3) is 0 Å². The van der Waals surface area contributed by atoms with Crippen molar-refractivity contribution in [3.05, 3.63) is 23.8 Å². The van der Waals surface area contributed by atoms with E-state index in [2.05, 4.69) is 4.90 Å². The van der Waals surface area contributed by atoms with Gasteiger partial charge in [-0.2, -0.15) is 11.8 Å². The molecular weight excluding hydrogens is 272 g/mol. The molecule has 0 radical (unpaired) electrons. The van der Waals surface area contributed by atoms with Crippen LogP contribution in [0.3, 0.4) is 0 Å². The molecule has 20 heavy (non-hydrogen) atoms. The molecule has 0 aromatic heterocycles. The van der Waals surface area contributed by atoms with Gasteiger partial charge in [-0.15, -0.1) is 0 Å². The third kappa shape index (κ3) is 3.59. The standard InChI is InChI=1S/C15H24N2O2S/c1-18-12-4-5-15(19-2)13(10-12)14(11-16)17-6-3-8-20-9-7-17/h4-5,10,14H,3,6-9,11,16H2,1-2H3. The van der Waals surface area contributed by atoms with Crippen LogP contribution in [0.2, 0.25) is 0 Å². The van der Waals surface area contributed by atoms with Gasteiger partial charge in [-0.3, -0.25) is 4.90 Å². The first kappa shape index (κ1) is 15.5. The Balaban J connectivity index is 2.28. The fourth-order valence-corrected chi connectivity index (χ4v) is 3.55. The van der Waals surface area contributed by atoms with E-state index in [9.17, 15) is 0 Å². The number of benzene rings is 1. The number of nitrogens with two attached hydrogens (primary N) is 1. The predicted molar refractivity (Wildman–Crippen MR) is 84.9 cm³/mol. The van der Waals surface area contributed by atoms with Crippen LogP contribution < -0.4 is 15.2 Å². The van der Waals surface area contributed by atoms with Gasteiger partial charge in [-0.05, 0) is 36.9 Å². The molecule has 112 valence electrons. The molecule has 0 saturated carbocycles. The zero-order valence-corrected chi connectivity index (χ0v) is 13.1. The molecule has 1 aromatic carbocycles. The van der Waals surface area contributed by atoms with Crippen LogP contribution in [0, 0.1) is 0 Å². The van der Waals surface area contributed by atoms with Gasteiger partial charge >= 0.3 is 0 Å². The van der Waals surface area contributed by atoms with Crippen molar-refractivity contribution >= 4 is 11.8 Å². The van der Waals surface area contributed by atoms with E-state index in [-0.39, 0.29) is 6.04 Å². The Hall–Kier alpha value is -0.910. The van der Waals surface area contributed by atoms with E-state index in [1.165, 1.54) is 17.9 Å². The highest BCUT2D eigenvalue weighted by molar-refractivity contribution is 7.99. The lowest BCUT2D eigenvalue weighted by Gasteiger charge is -2.31. The minimum Gasteiger partial charge on any atom is -0.497 e. The van der Waals surface area contributed by atoms with E-state index < -0.39 is 0 Å². The van der Waals surface area contributed by atoms with Crippen LogP contribution in [0.4, 0.5) is 0 Å². The zero-order valence-electron chi connectivity index (χ0n) is 12.3. The third-order valence-corrected chi connectivity index (χ3v) is 4.77. The van der Waals surface area contributed by atoms with Crippen LogP contribution in [0.15, 0.2) is 18.2 Å². The van der Waals surface area contributed by atoms with Crippen molar-refractivity contribution in [1.82, 2.24) is 4.90 Å². The average molecular weight is 296 g/mol. The third-order valence-electron chi connectivity index (χ3n) is 3.72. The minimum atomic E-state index is 0.193. The lowest BCUT2D eigenvalue weighted by molar-refractivity contribution is 0.213. The summed E-state index contributed by atoms with van der Waals surface area (Å²) >= 11 is 2.02. The molecule has 1 aliphatic heterocycles. The van der Waals surface area contributed by atoms with E-state index in [0.717, 1.165) is 30.2 Å². The Morgan fingerprint density at radius 3 is 2.80 bits per heavy atom. The van der Waals surface area contributed by atoms with Crippen LogP contribution in [-0.2, 0) is 0 Å². The normalized spacial score (nSPS) is 18.4. The van der Waals surface area contributed by atoms with Crippen molar-refractivity contribution in [2.24, 2.45) is 5.73 Å². The first-order valence-corrected chi connectivity index (χ1v) is 8.19. The van der Waals surface area contributed by atoms with Gasteiger partial charge in [0.2, 0.25) is 0 Å². The van der Waals surface area contributed by atoms with E-state index in [1.807, 2.05) is 30.0 Å². The van der Waals surface area contributed by atoms with Crippen molar-refractivity contribution < 1.29 is 9.47 Å². The van der Waals surface area contributed by atoms with Gasteiger partial charge in [0.1, 0.15) is 11.5 Å². The van der Waals surface area contributed by atoms with Gasteiger partial charge in [0.25, 0.3) is 0 Å². The Kier molecular flexibility index (Phi) is 6.01. The van der Waals surface area contributed by atoms with Crippen LogP contribution in [0.5, 0.6) is 11.5 Å². The summed E-state index contributed by atoms with van der Waals surface area (Å²) in [5, 5.41) is 0. The zero-order chi connectivity index (χ0) is 14.4. The van der Waals surface area contributed by atoms with E-state index in [0.29, 0.717) is 6.54 Å². The average Bonchev–Trinajstić information content (AvgIpc) is 2.77. The highest BCUT2D eigenvalue weighted by Crippen LogP contribution is 2.33. The number of hydrogen-bond donors (Lipinski definition) is 1. The van der Waals surface area contributed by atoms with Crippen molar-refractivity contribution in [2.75, 3.05) is 45.4 Å². The van der Waals surface area contributed by atoms with E-state index >= 15 is 0 Å². The predicted octanol–water partition coefficient (Wildman–Crippen LogP) is 2.14. The molecule has 0 bridgehead atoms. The lowest BCUT2D eigenvalue weighted by Crippen LogP contribution is -2.35. The van der Waals surface area contributed by atoms with Gasteiger partial charge in [0, 0.05) is 24.4 Å². The number of hydrogen-bond acceptors (Lipinski definition) is 5. The second kappa shape index (κ2) is 7.76. The molecule has 0 spiro atoms. The molecule has 1 aliphatic rings. The molecule has 1 saturated heterocycles. The Morgan fingerprint density at radius 1 is 1.25 bits per heavy atom. The second-order valence-corrected chi connectivity index (χ2v) is 6.09. The quantitative estimate of drug-likeness (QED) is 0.902.